The molecule has 2 rings (SSSR count). The van der Waals surface area contributed by atoms with Crippen LogP contribution in [-0.2, 0) is 19.0 Å². The molecule has 0 heterocycles. The van der Waals surface area contributed by atoms with E-state index in [2.05, 4.69) is 0 Å². The van der Waals surface area contributed by atoms with Gasteiger partial charge in [-0.1, -0.05) is 6.08 Å². The predicted molar refractivity (Wildman–Crippen MR) is 62.2 cm³/mol. The molecule has 2 unspecified atom stereocenters. The van der Waals surface area contributed by atoms with Gasteiger partial charge in [0.15, 0.2) is 5.76 Å². The van der Waals surface area contributed by atoms with E-state index in [9.17, 15) is 4.79 Å². The number of hydrogen-bond donors (Lipinski definition) is 0. The summed E-state index contributed by atoms with van der Waals surface area (Å²) in [7, 11) is 3.13. The standard InChI is InChI=1S/C13H18O4/c1-15-12-7-11(8-14)5-6-13(12,16-2)17-9-10-3-4-10/h5-8,10-11H,3-4,9H2,1-2H3. The molecule has 2 aliphatic carbocycles. The van der Waals surface area contributed by atoms with Crippen LogP contribution in [0.15, 0.2) is 24.0 Å². The van der Waals surface area contributed by atoms with E-state index < -0.39 is 5.79 Å². The summed E-state index contributed by atoms with van der Waals surface area (Å²) < 4.78 is 16.5. The second-order valence-electron chi connectivity index (χ2n) is 4.43. The highest BCUT2D eigenvalue weighted by atomic mass is 16.7. The van der Waals surface area contributed by atoms with Crippen LogP contribution in [0.2, 0.25) is 0 Å². The number of allylic oxidation sites excluding steroid dienone is 2. The van der Waals surface area contributed by atoms with Crippen molar-refractivity contribution in [2.75, 3.05) is 20.8 Å². The first-order valence-electron chi connectivity index (χ1n) is 5.84. The second kappa shape index (κ2) is 5.02. The molecule has 0 aromatic carbocycles. The molecule has 17 heavy (non-hydrogen) atoms. The van der Waals surface area contributed by atoms with Crippen LogP contribution < -0.4 is 0 Å². The van der Waals surface area contributed by atoms with Gasteiger partial charge in [-0.3, -0.25) is 0 Å². The third kappa shape index (κ3) is 2.58. The molecule has 2 atom stereocenters. The summed E-state index contributed by atoms with van der Waals surface area (Å²) in [6.07, 6.45) is 8.54. The highest BCUT2D eigenvalue weighted by Crippen LogP contribution is 2.35. The normalized spacial score (nSPS) is 32.1. The fourth-order valence-corrected chi connectivity index (χ4v) is 1.83. The first-order valence-corrected chi connectivity index (χ1v) is 5.84. The van der Waals surface area contributed by atoms with Gasteiger partial charge in [0.1, 0.15) is 6.29 Å². The molecule has 0 aromatic heterocycles. The van der Waals surface area contributed by atoms with Crippen LogP contribution in [0.3, 0.4) is 0 Å². The molecule has 4 nitrogen and oxygen atoms in total. The lowest BCUT2D eigenvalue weighted by Crippen LogP contribution is -2.38. The molecule has 4 heteroatoms. The van der Waals surface area contributed by atoms with Crippen molar-refractivity contribution < 1.29 is 19.0 Å². The van der Waals surface area contributed by atoms with Gasteiger partial charge in [0.25, 0.3) is 0 Å². The number of aldehydes is 1. The molecule has 0 spiro atoms. The molecule has 1 fully saturated rings. The van der Waals surface area contributed by atoms with Crippen molar-refractivity contribution in [2.24, 2.45) is 11.8 Å². The average molecular weight is 238 g/mol. The average Bonchev–Trinajstić information content (AvgIpc) is 3.20. The summed E-state index contributed by atoms with van der Waals surface area (Å²) in [5.74, 6) is -0.0491. The fourth-order valence-electron chi connectivity index (χ4n) is 1.83. The fraction of sp³-hybridized carbons (Fsp3) is 0.615. The molecule has 0 bridgehead atoms. The minimum absolute atomic E-state index is 0.266. The Hall–Kier alpha value is -1.13. The third-order valence-electron chi connectivity index (χ3n) is 3.14. The molecular formula is C13H18O4. The Morgan fingerprint density at radius 1 is 1.47 bits per heavy atom. The molecule has 0 amide bonds. The second-order valence-corrected chi connectivity index (χ2v) is 4.43. The molecule has 2 aliphatic rings. The van der Waals surface area contributed by atoms with Crippen LogP contribution in [0, 0.1) is 11.8 Å². The van der Waals surface area contributed by atoms with E-state index in [1.807, 2.05) is 0 Å². The van der Waals surface area contributed by atoms with Crippen LogP contribution in [0.25, 0.3) is 0 Å². The topological polar surface area (TPSA) is 44.8 Å². The summed E-state index contributed by atoms with van der Waals surface area (Å²) in [6.45, 7) is 0.657. The van der Waals surface area contributed by atoms with Crippen molar-refractivity contribution in [3.05, 3.63) is 24.0 Å². The minimum Gasteiger partial charge on any atom is -0.495 e. The van der Waals surface area contributed by atoms with Crippen molar-refractivity contribution in [3.8, 4) is 0 Å². The van der Waals surface area contributed by atoms with Gasteiger partial charge in [-0.05, 0) is 30.9 Å². The van der Waals surface area contributed by atoms with Crippen LogP contribution in [0.1, 0.15) is 12.8 Å². The Labute approximate surface area is 101 Å². The van der Waals surface area contributed by atoms with Crippen LogP contribution in [0.5, 0.6) is 0 Å². The lowest BCUT2D eigenvalue weighted by Gasteiger charge is -2.33. The smallest absolute Gasteiger partial charge is 0.247 e. The number of ether oxygens (including phenoxy) is 3. The monoisotopic (exact) mass is 238 g/mol. The third-order valence-corrected chi connectivity index (χ3v) is 3.14. The summed E-state index contributed by atoms with van der Waals surface area (Å²) in [5.41, 5.74) is 0. The maximum atomic E-state index is 10.8. The maximum absolute atomic E-state index is 10.8. The molecule has 0 aliphatic heterocycles. The highest BCUT2D eigenvalue weighted by molar-refractivity contribution is 5.61. The largest absolute Gasteiger partial charge is 0.495 e. The number of hydrogen-bond acceptors (Lipinski definition) is 4. The lowest BCUT2D eigenvalue weighted by atomic mass is 9.99. The zero-order valence-corrected chi connectivity index (χ0v) is 10.2. The van der Waals surface area contributed by atoms with E-state index in [4.69, 9.17) is 14.2 Å². The summed E-state index contributed by atoms with van der Waals surface area (Å²) >= 11 is 0. The Kier molecular flexibility index (Phi) is 3.64. The van der Waals surface area contributed by atoms with E-state index in [-0.39, 0.29) is 5.92 Å². The Balaban J connectivity index is 2.12. The van der Waals surface area contributed by atoms with Crippen LogP contribution in [0.4, 0.5) is 0 Å². The van der Waals surface area contributed by atoms with Gasteiger partial charge < -0.3 is 19.0 Å². The Morgan fingerprint density at radius 2 is 2.24 bits per heavy atom. The van der Waals surface area contributed by atoms with Gasteiger partial charge in [-0.15, -0.1) is 0 Å². The molecule has 0 N–H and O–H groups in total. The van der Waals surface area contributed by atoms with Gasteiger partial charge >= 0.3 is 0 Å². The van der Waals surface area contributed by atoms with E-state index in [0.717, 1.165) is 6.29 Å². The van der Waals surface area contributed by atoms with Crippen molar-refractivity contribution in [2.45, 2.75) is 18.6 Å². The molecule has 94 valence electrons. The van der Waals surface area contributed by atoms with E-state index in [1.54, 1.807) is 32.4 Å². The van der Waals surface area contributed by atoms with Crippen molar-refractivity contribution in [1.82, 2.24) is 0 Å². The summed E-state index contributed by atoms with van der Waals surface area (Å²) in [6, 6.07) is 0. The molecular weight excluding hydrogens is 220 g/mol. The lowest BCUT2D eigenvalue weighted by molar-refractivity contribution is -0.187. The summed E-state index contributed by atoms with van der Waals surface area (Å²) in [4.78, 5) is 10.8. The predicted octanol–water partition coefficient (Wildman–Crippen LogP) is 1.67. The van der Waals surface area contributed by atoms with E-state index in [1.165, 1.54) is 12.8 Å². The van der Waals surface area contributed by atoms with Crippen molar-refractivity contribution in [1.29, 1.82) is 0 Å². The van der Waals surface area contributed by atoms with Gasteiger partial charge in [0.05, 0.1) is 19.6 Å². The number of carbonyl (C=O) groups excluding carboxylic acids is 1. The first kappa shape index (κ1) is 12.3. The number of rotatable bonds is 6. The quantitative estimate of drug-likeness (QED) is 0.401. The Bertz CT molecular complexity index is 343. The molecule has 0 aromatic rings. The molecule has 0 radical (unpaired) electrons. The highest BCUT2D eigenvalue weighted by Gasteiger charge is 2.39. The first-order chi connectivity index (χ1) is 8.24. The minimum atomic E-state index is -0.961. The van der Waals surface area contributed by atoms with Gasteiger partial charge in [0.2, 0.25) is 5.79 Å². The molecule has 1 saturated carbocycles. The van der Waals surface area contributed by atoms with Gasteiger partial charge in [-0.25, -0.2) is 0 Å². The number of carbonyl (C=O) groups is 1. The Morgan fingerprint density at radius 3 is 2.76 bits per heavy atom. The van der Waals surface area contributed by atoms with Crippen molar-refractivity contribution >= 4 is 6.29 Å². The molecule has 0 saturated heterocycles. The number of methoxy groups -OCH3 is 2. The zero-order chi connectivity index (χ0) is 12.3. The maximum Gasteiger partial charge on any atom is 0.247 e. The van der Waals surface area contributed by atoms with Crippen molar-refractivity contribution in [3.63, 3.8) is 0 Å². The zero-order valence-electron chi connectivity index (χ0n) is 10.2. The van der Waals surface area contributed by atoms with Crippen LogP contribution >= 0.6 is 0 Å². The van der Waals surface area contributed by atoms with E-state index >= 15 is 0 Å². The van der Waals surface area contributed by atoms with Gasteiger partial charge in [0, 0.05) is 7.11 Å². The van der Waals surface area contributed by atoms with E-state index in [0.29, 0.717) is 18.3 Å². The van der Waals surface area contributed by atoms with Gasteiger partial charge in [-0.2, -0.15) is 0 Å². The summed E-state index contributed by atoms with van der Waals surface area (Å²) in [5, 5.41) is 0. The SMILES string of the molecule is COC1=CC(C=O)C=CC1(OC)OCC1CC1. The van der Waals surface area contributed by atoms with Crippen LogP contribution in [-0.4, -0.2) is 32.9 Å².